The van der Waals surface area contributed by atoms with Crippen LogP contribution >= 0.6 is 31.9 Å². The number of imidazole rings is 1. The molecule has 4 heteroatoms. The number of nitrogens with zero attached hydrogens (tertiary/aromatic N) is 2. The topological polar surface area (TPSA) is 17.8 Å². The first-order valence-electron chi connectivity index (χ1n) is 2.47. The van der Waals surface area contributed by atoms with Crippen molar-refractivity contribution >= 4 is 31.9 Å². The van der Waals surface area contributed by atoms with Crippen molar-refractivity contribution in [2.24, 2.45) is 7.05 Å². The van der Waals surface area contributed by atoms with Gasteiger partial charge in [-0.25, -0.2) is 4.98 Å². The predicted octanol–water partition coefficient (Wildman–Crippen LogP) is 2.25. The van der Waals surface area contributed by atoms with Gasteiger partial charge in [0.05, 0.1) is 0 Å². The molecule has 1 aromatic heterocycles. The van der Waals surface area contributed by atoms with Crippen LogP contribution in [0.5, 0.6) is 0 Å². The second-order valence-electron chi connectivity index (χ2n) is 1.80. The fourth-order valence-corrected chi connectivity index (χ4v) is 1.41. The van der Waals surface area contributed by atoms with E-state index in [4.69, 9.17) is 0 Å². The lowest BCUT2D eigenvalue weighted by atomic mass is 10.7. The smallest absolute Gasteiger partial charge is 0.139 e. The fraction of sp³-hybridized carbons (Fsp3) is 0.400. The molecule has 0 saturated heterocycles. The van der Waals surface area contributed by atoms with Gasteiger partial charge in [-0.15, -0.1) is 0 Å². The first kappa shape index (κ1) is 7.28. The Morgan fingerprint density at radius 2 is 2.00 bits per heavy atom. The molecule has 0 saturated carbocycles. The minimum absolute atomic E-state index is 0.863. The molecule has 0 bridgehead atoms. The van der Waals surface area contributed by atoms with Crippen LogP contribution in [0.1, 0.15) is 5.82 Å². The quantitative estimate of drug-likeness (QED) is 0.694. The van der Waals surface area contributed by atoms with Crippen molar-refractivity contribution in [1.82, 2.24) is 9.55 Å². The largest absolute Gasteiger partial charge is 0.325 e. The number of hydrogen-bond acceptors (Lipinski definition) is 1. The summed E-state index contributed by atoms with van der Waals surface area (Å²) in [6, 6.07) is 0. The second-order valence-corrected chi connectivity index (χ2v) is 3.30. The Hall–Kier alpha value is 0.170. The van der Waals surface area contributed by atoms with Crippen LogP contribution in [0, 0.1) is 6.92 Å². The summed E-state index contributed by atoms with van der Waals surface area (Å²) >= 11 is 6.64. The molecular formula is C5H6Br2N2. The fourth-order valence-electron chi connectivity index (χ4n) is 0.544. The van der Waals surface area contributed by atoms with E-state index in [2.05, 4.69) is 36.8 Å². The molecule has 0 aromatic carbocycles. The Bertz CT molecular complexity index is 207. The molecule has 50 valence electrons. The van der Waals surface area contributed by atoms with Crippen molar-refractivity contribution in [3.63, 3.8) is 0 Å². The van der Waals surface area contributed by atoms with E-state index >= 15 is 0 Å². The van der Waals surface area contributed by atoms with Crippen LogP contribution in [0.2, 0.25) is 0 Å². The Labute approximate surface area is 70.5 Å². The third-order valence-electron chi connectivity index (χ3n) is 1.21. The maximum absolute atomic E-state index is 4.14. The van der Waals surface area contributed by atoms with Crippen molar-refractivity contribution in [1.29, 1.82) is 0 Å². The number of hydrogen-bond donors (Lipinski definition) is 0. The van der Waals surface area contributed by atoms with Crippen LogP contribution in [0.25, 0.3) is 0 Å². The summed E-state index contributed by atoms with van der Waals surface area (Å²) in [6.07, 6.45) is 0. The highest BCUT2D eigenvalue weighted by Crippen LogP contribution is 2.21. The molecule has 2 nitrogen and oxygen atoms in total. The summed E-state index contributed by atoms with van der Waals surface area (Å²) < 4.78 is 3.81. The van der Waals surface area contributed by atoms with E-state index in [0.717, 1.165) is 15.0 Å². The average Bonchev–Trinajstić information content (AvgIpc) is 1.98. The van der Waals surface area contributed by atoms with Gasteiger partial charge in [0.2, 0.25) is 0 Å². The van der Waals surface area contributed by atoms with Crippen molar-refractivity contribution in [2.45, 2.75) is 6.92 Å². The Morgan fingerprint density at radius 1 is 1.44 bits per heavy atom. The van der Waals surface area contributed by atoms with E-state index in [1.807, 2.05) is 18.5 Å². The molecule has 0 N–H and O–H groups in total. The molecule has 0 radical (unpaired) electrons. The van der Waals surface area contributed by atoms with Gasteiger partial charge in [0.25, 0.3) is 0 Å². The third-order valence-corrected chi connectivity index (χ3v) is 3.20. The third kappa shape index (κ3) is 1.19. The van der Waals surface area contributed by atoms with Crippen molar-refractivity contribution in [3.05, 3.63) is 15.0 Å². The Kier molecular flexibility index (Phi) is 1.96. The zero-order valence-corrected chi connectivity index (χ0v) is 8.32. The van der Waals surface area contributed by atoms with Crippen LogP contribution in [0.3, 0.4) is 0 Å². The van der Waals surface area contributed by atoms with Crippen LogP contribution in [-0.4, -0.2) is 9.55 Å². The van der Waals surface area contributed by atoms with E-state index in [1.165, 1.54) is 0 Å². The Morgan fingerprint density at radius 3 is 2.11 bits per heavy atom. The summed E-state index contributed by atoms with van der Waals surface area (Å²) in [7, 11) is 1.96. The van der Waals surface area contributed by atoms with Gasteiger partial charge in [-0.2, -0.15) is 0 Å². The SMILES string of the molecule is Cc1nc(Br)c(Br)n1C. The maximum atomic E-state index is 4.14. The van der Waals surface area contributed by atoms with E-state index in [9.17, 15) is 0 Å². The first-order valence-corrected chi connectivity index (χ1v) is 4.06. The molecule has 9 heavy (non-hydrogen) atoms. The molecule has 0 unspecified atom stereocenters. The van der Waals surface area contributed by atoms with Crippen LogP contribution in [0.4, 0.5) is 0 Å². The summed E-state index contributed by atoms with van der Waals surface area (Å²) in [4.78, 5) is 4.14. The summed E-state index contributed by atoms with van der Waals surface area (Å²) in [6.45, 7) is 1.95. The second kappa shape index (κ2) is 2.42. The minimum atomic E-state index is 0.863. The van der Waals surface area contributed by atoms with Gasteiger partial charge < -0.3 is 4.57 Å². The van der Waals surface area contributed by atoms with Crippen LogP contribution < -0.4 is 0 Å². The van der Waals surface area contributed by atoms with E-state index in [1.54, 1.807) is 0 Å². The highest BCUT2D eigenvalue weighted by atomic mass is 79.9. The molecule has 0 atom stereocenters. The molecule has 0 spiro atoms. The number of aryl methyl sites for hydroxylation is 1. The monoisotopic (exact) mass is 252 g/mol. The molecule has 1 aromatic rings. The maximum Gasteiger partial charge on any atom is 0.139 e. The van der Waals surface area contributed by atoms with Crippen LogP contribution in [0.15, 0.2) is 9.21 Å². The van der Waals surface area contributed by atoms with Gasteiger partial charge in [-0.3, -0.25) is 0 Å². The average molecular weight is 254 g/mol. The van der Waals surface area contributed by atoms with E-state index in [-0.39, 0.29) is 0 Å². The number of rotatable bonds is 0. The lowest BCUT2D eigenvalue weighted by molar-refractivity contribution is 0.839. The lowest BCUT2D eigenvalue weighted by Gasteiger charge is -1.92. The van der Waals surface area contributed by atoms with E-state index in [0.29, 0.717) is 0 Å². The molecule has 1 rings (SSSR count). The zero-order chi connectivity index (χ0) is 7.02. The number of halogens is 2. The highest BCUT2D eigenvalue weighted by molar-refractivity contribution is 9.13. The van der Waals surface area contributed by atoms with Crippen molar-refractivity contribution < 1.29 is 0 Å². The number of aromatic nitrogens is 2. The first-order chi connectivity index (χ1) is 4.13. The molecule has 0 aliphatic heterocycles. The highest BCUT2D eigenvalue weighted by Gasteiger charge is 2.04. The predicted molar refractivity (Wildman–Crippen MR) is 43.3 cm³/mol. The molecular weight excluding hydrogens is 248 g/mol. The van der Waals surface area contributed by atoms with Gasteiger partial charge in [0.15, 0.2) is 0 Å². The van der Waals surface area contributed by atoms with Gasteiger partial charge in [0, 0.05) is 7.05 Å². The van der Waals surface area contributed by atoms with Gasteiger partial charge in [-0.1, -0.05) is 0 Å². The van der Waals surface area contributed by atoms with Crippen molar-refractivity contribution in [2.75, 3.05) is 0 Å². The zero-order valence-electron chi connectivity index (χ0n) is 5.15. The lowest BCUT2D eigenvalue weighted by Crippen LogP contribution is -1.89. The normalized spacial score (nSPS) is 10.2. The Balaban J connectivity index is 3.29. The molecule has 0 aliphatic carbocycles. The molecule has 1 heterocycles. The summed E-state index contributed by atoms with van der Waals surface area (Å²) in [5.41, 5.74) is 0. The van der Waals surface area contributed by atoms with Gasteiger partial charge >= 0.3 is 0 Å². The van der Waals surface area contributed by atoms with Gasteiger partial charge in [-0.05, 0) is 38.8 Å². The summed E-state index contributed by atoms with van der Waals surface area (Å²) in [5, 5.41) is 0. The molecule has 0 fully saturated rings. The summed E-state index contributed by atoms with van der Waals surface area (Å²) in [5.74, 6) is 0.994. The minimum Gasteiger partial charge on any atom is -0.325 e. The van der Waals surface area contributed by atoms with Crippen molar-refractivity contribution in [3.8, 4) is 0 Å². The van der Waals surface area contributed by atoms with Crippen LogP contribution in [-0.2, 0) is 7.05 Å². The molecule has 0 amide bonds. The van der Waals surface area contributed by atoms with E-state index < -0.39 is 0 Å². The standard InChI is InChI=1S/C5H6Br2N2/c1-3-8-4(6)5(7)9(3)2/h1-2H3. The molecule has 0 aliphatic rings. The van der Waals surface area contributed by atoms with Gasteiger partial charge in [0.1, 0.15) is 15.0 Å².